The fraction of sp³-hybridized carbons (Fsp3) is 0.200. The summed E-state index contributed by atoms with van der Waals surface area (Å²) in [5, 5.41) is 6.61. The van der Waals surface area contributed by atoms with Gasteiger partial charge in [-0.3, -0.25) is 0 Å². The number of hydrogen-bond acceptors (Lipinski definition) is 4. The van der Waals surface area contributed by atoms with Gasteiger partial charge >= 0.3 is 0 Å². The molecule has 102 valence electrons. The molecular weight excluding hydrogens is 268 g/mol. The van der Waals surface area contributed by atoms with Crippen molar-refractivity contribution < 1.29 is 0 Å². The maximum Gasteiger partial charge on any atom is 0.153 e. The van der Waals surface area contributed by atoms with Crippen LogP contribution in [0.4, 0.5) is 0 Å². The van der Waals surface area contributed by atoms with E-state index in [9.17, 15) is 0 Å². The number of aryl methyl sites for hydroxylation is 1. The number of rotatable bonds is 5. The van der Waals surface area contributed by atoms with Crippen LogP contribution in [-0.4, -0.2) is 21.3 Å². The van der Waals surface area contributed by atoms with Gasteiger partial charge in [0.1, 0.15) is 5.69 Å². The summed E-state index contributed by atoms with van der Waals surface area (Å²) in [6.45, 7) is 0.713. The van der Waals surface area contributed by atoms with Crippen LogP contribution in [0.1, 0.15) is 12.0 Å². The third kappa shape index (κ3) is 2.79. The summed E-state index contributed by atoms with van der Waals surface area (Å²) in [5.74, 6) is 0.837. The molecule has 0 saturated carbocycles. The molecule has 5 heteroatoms. The molecule has 0 aliphatic heterocycles. The second-order valence-electron chi connectivity index (χ2n) is 4.54. The van der Waals surface area contributed by atoms with Crippen molar-refractivity contribution in [2.45, 2.75) is 12.8 Å². The number of nitrogens with zero attached hydrogens (tertiary/aromatic N) is 3. The summed E-state index contributed by atoms with van der Waals surface area (Å²) in [4.78, 5) is 5.63. The number of thiophene rings is 1. The molecule has 2 N–H and O–H groups in total. The SMILES string of the molecule is NCCCc1ccc(-n2ccc(-c3cccs3)n2)nc1. The molecule has 4 nitrogen and oxygen atoms in total. The van der Waals surface area contributed by atoms with E-state index in [0.717, 1.165) is 24.4 Å². The third-order valence-electron chi connectivity index (χ3n) is 3.08. The highest BCUT2D eigenvalue weighted by Gasteiger charge is 2.05. The van der Waals surface area contributed by atoms with Gasteiger partial charge in [-0.25, -0.2) is 9.67 Å². The summed E-state index contributed by atoms with van der Waals surface area (Å²) >= 11 is 1.69. The molecule has 0 aliphatic rings. The van der Waals surface area contributed by atoms with E-state index >= 15 is 0 Å². The van der Waals surface area contributed by atoms with Crippen molar-refractivity contribution in [1.29, 1.82) is 0 Å². The third-order valence-corrected chi connectivity index (χ3v) is 3.97. The van der Waals surface area contributed by atoms with Crippen LogP contribution in [0.15, 0.2) is 48.1 Å². The van der Waals surface area contributed by atoms with Crippen LogP contribution in [0, 0.1) is 0 Å². The summed E-state index contributed by atoms with van der Waals surface area (Å²) in [6, 6.07) is 10.2. The summed E-state index contributed by atoms with van der Waals surface area (Å²) < 4.78 is 1.81. The van der Waals surface area contributed by atoms with Crippen LogP contribution in [0.2, 0.25) is 0 Å². The first-order valence-electron chi connectivity index (χ1n) is 6.62. The monoisotopic (exact) mass is 284 g/mol. The van der Waals surface area contributed by atoms with Gasteiger partial charge < -0.3 is 5.73 Å². The van der Waals surface area contributed by atoms with E-state index in [1.165, 1.54) is 10.4 Å². The Morgan fingerprint density at radius 3 is 2.85 bits per heavy atom. The van der Waals surface area contributed by atoms with Gasteiger partial charge in [-0.05, 0) is 48.5 Å². The van der Waals surface area contributed by atoms with Crippen molar-refractivity contribution in [2.75, 3.05) is 6.54 Å². The van der Waals surface area contributed by atoms with E-state index in [0.29, 0.717) is 6.54 Å². The summed E-state index contributed by atoms with van der Waals surface area (Å²) in [5.41, 5.74) is 7.71. The van der Waals surface area contributed by atoms with Gasteiger partial charge in [0, 0.05) is 12.4 Å². The van der Waals surface area contributed by atoms with Crippen molar-refractivity contribution in [2.24, 2.45) is 5.73 Å². The Labute approximate surface area is 121 Å². The maximum atomic E-state index is 5.51. The lowest BCUT2D eigenvalue weighted by Crippen LogP contribution is -2.02. The minimum atomic E-state index is 0.713. The molecule has 0 saturated heterocycles. The first-order chi connectivity index (χ1) is 9.86. The van der Waals surface area contributed by atoms with Crippen LogP contribution in [0.3, 0.4) is 0 Å². The molecule has 0 radical (unpaired) electrons. The zero-order chi connectivity index (χ0) is 13.8. The predicted octanol–water partition coefficient (Wildman–Crippen LogP) is 2.89. The molecule has 0 aliphatic carbocycles. The van der Waals surface area contributed by atoms with Crippen LogP contribution in [0.5, 0.6) is 0 Å². The molecule has 3 heterocycles. The van der Waals surface area contributed by atoms with E-state index in [1.54, 1.807) is 11.3 Å². The number of hydrogen-bond donors (Lipinski definition) is 1. The Kier molecular flexibility index (Phi) is 3.90. The van der Waals surface area contributed by atoms with Crippen molar-refractivity contribution in [3.05, 3.63) is 53.7 Å². The first-order valence-corrected chi connectivity index (χ1v) is 7.50. The van der Waals surface area contributed by atoms with Crippen LogP contribution in [-0.2, 0) is 6.42 Å². The molecule has 3 aromatic rings. The lowest BCUT2D eigenvalue weighted by Gasteiger charge is -2.02. The highest BCUT2D eigenvalue weighted by molar-refractivity contribution is 7.13. The lowest BCUT2D eigenvalue weighted by molar-refractivity contribution is 0.816. The van der Waals surface area contributed by atoms with Gasteiger partial charge in [0.15, 0.2) is 5.82 Å². The van der Waals surface area contributed by atoms with Crippen molar-refractivity contribution >= 4 is 11.3 Å². The molecule has 3 rings (SSSR count). The highest BCUT2D eigenvalue weighted by atomic mass is 32.1. The molecule has 0 amide bonds. The van der Waals surface area contributed by atoms with Gasteiger partial charge in [-0.2, -0.15) is 5.10 Å². The average molecular weight is 284 g/mol. The van der Waals surface area contributed by atoms with Gasteiger partial charge in [-0.1, -0.05) is 12.1 Å². The van der Waals surface area contributed by atoms with Crippen molar-refractivity contribution in [3.63, 3.8) is 0 Å². The molecule has 0 fully saturated rings. The zero-order valence-corrected chi connectivity index (χ0v) is 11.9. The quantitative estimate of drug-likeness (QED) is 0.783. The Balaban J connectivity index is 1.79. The largest absolute Gasteiger partial charge is 0.330 e. The van der Waals surface area contributed by atoms with Crippen LogP contribution >= 0.6 is 11.3 Å². The van der Waals surface area contributed by atoms with Crippen LogP contribution in [0.25, 0.3) is 16.4 Å². The Bertz CT molecular complexity index is 656. The average Bonchev–Trinajstić information content (AvgIpc) is 3.16. The van der Waals surface area contributed by atoms with E-state index in [1.807, 2.05) is 35.3 Å². The minimum Gasteiger partial charge on any atom is -0.330 e. The van der Waals surface area contributed by atoms with Crippen LogP contribution < -0.4 is 5.73 Å². The molecule has 0 aromatic carbocycles. The molecular formula is C15H16N4S. The fourth-order valence-corrected chi connectivity index (χ4v) is 2.70. The van der Waals surface area contributed by atoms with E-state index in [2.05, 4.69) is 27.6 Å². The smallest absolute Gasteiger partial charge is 0.153 e. The van der Waals surface area contributed by atoms with Gasteiger partial charge in [0.05, 0.1) is 4.88 Å². The molecule has 3 aromatic heterocycles. The lowest BCUT2D eigenvalue weighted by atomic mass is 10.1. The van der Waals surface area contributed by atoms with E-state index in [-0.39, 0.29) is 0 Å². The Morgan fingerprint density at radius 1 is 1.20 bits per heavy atom. The Morgan fingerprint density at radius 2 is 2.15 bits per heavy atom. The second kappa shape index (κ2) is 5.98. The Hall–Kier alpha value is -1.98. The molecule has 20 heavy (non-hydrogen) atoms. The minimum absolute atomic E-state index is 0.713. The standard InChI is InChI=1S/C15H16N4S/c16-8-1-3-12-5-6-15(17-11-12)19-9-7-13(18-19)14-4-2-10-20-14/h2,4-7,9-11H,1,3,8,16H2. The normalized spacial score (nSPS) is 10.8. The molecule has 0 bridgehead atoms. The van der Waals surface area contributed by atoms with Gasteiger partial charge in [-0.15, -0.1) is 11.3 Å². The van der Waals surface area contributed by atoms with Gasteiger partial charge in [0.25, 0.3) is 0 Å². The summed E-state index contributed by atoms with van der Waals surface area (Å²) in [7, 11) is 0. The van der Waals surface area contributed by atoms with Crippen molar-refractivity contribution in [3.8, 4) is 16.4 Å². The predicted molar refractivity (Wildman–Crippen MR) is 82.0 cm³/mol. The first kappa shape index (κ1) is 13.0. The molecule has 0 spiro atoms. The van der Waals surface area contributed by atoms with E-state index < -0.39 is 0 Å². The number of nitrogens with two attached hydrogens (primary N) is 1. The number of pyridine rings is 1. The zero-order valence-electron chi connectivity index (χ0n) is 11.1. The second-order valence-corrected chi connectivity index (χ2v) is 5.49. The maximum absolute atomic E-state index is 5.51. The number of aromatic nitrogens is 3. The van der Waals surface area contributed by atoms with Gasteiger partial charge in [0.2, 0.25) is 0 Å². The molecule has 0 unspecified atom stereocenters. The topological polar surface area (TPSA) is 56.7 Å². The molecule has 0 atom stereocenters. The van der Waals surface area contributed by atoms with Crippen molar-refractivity contribution in [1.82, 2.24) is 14.8 Å². The highest BCUT2D eigenvalue weighted by Crippen LogP contribution is 2.23. The van der Waals surface area contributed by atoms with E-state index in [4.69, 9.17) is 5.73 Å². The fourth-order valence-electron chi connectivity index (χ4n) is 2.01. The summed E-state index contributed by atoms with van der Waals surface area (Å²) in [6.07, 6.45) is 5.81.